The second-order valence-electron chi connectivity index (χ2n) is 7.85. The number of hydrogen-bond acceptors (Lipinski definition) is 8. The Morgan fingerprint density at radius 2 is 1.76 bits per heavy atom. The molecule has 13 heteroatoms. The van der Waals surface area contributed by atoms with Gasteiger partial charge in [-0.05, 0) is 45.4 Å². The molecule has 0 unspecified atom stereocenters. The lowest BCUT2D eigenvalue weighted by atomic mass is 10.1. The van der Waals surface area contributed by atoms with E-state index in [1.165, 1.54) is 38.1 Å². The Morgan fingerprint density at radius 3 is 2.29 bits per heavy atom. The normalized spacial score (nSPS) is 16.7. The van der Waals surface area contributed by atoms with Gasteiger partial charge in [0.2, 0.25) is 11.8 Å². The molecule has 4 amide bonds. The molecule has 1 aliphatic heterocycles. The van der Waals surface area contributed by atoms with Crippen LogP contribution in [-0.4, -0.2) is 64.3 Å². The molecule has 1 heterocycles. The molecule has 34 heavy (non-hydrogen) atoms. The standard InChI is InChI=1S/C21H27N5O8/c1-12(23-17(27)9-10-18(28)29)19(30)24-13(2)20(31)25(21(32)16-4-3-11-22-16)14-5-7-15(8-6-14)26(33)34/h5-8,12-13,16,22H,3-4,9-11H2,1-2H3,(H,23,27)(H,24,30)(H,28,29)/t12-,13-,16-/m0/s1. The number of nitro benzene ring substituents is 1. The first-order valence-electron chi connectivity index (χ1n) is 10.7. The number of non-ortho nitro benzene ring substituents is 1. The summed E-state index contributed by atoms with van der Waals surface area (Å²) in [5.74, 6) is -3.81. The number of nitrogens with zero attached hydrogens (tertiary/aromatic N) is 2. The van der Waals surface area contributed by atoms with Crippen LogP contribution < -0.4 is 20.9 Å². The summed E-state index contributed by atoms with van der Waals surface area (Å²) in [5, 5.41) is 27.4. The predicted molar refractivity (Wildman–Crippen MR) is 119 cm³/mol. The first-order chi connectivity index (χ1) is 16.0. The van der Waals surface area contributed by atoms with Gasteiger partial charge in [0.25, 0.3) is 17.5 Å². The number of benzene rings is 1. The van der Waals surface area contributed by atoms with Crippen molar-refractivity contribution in [3.8, 4) is 0 Å². The van der Waals surface area contributed by atoms with Crippen molar-refractivity contribution in [1.82, 2.24) is 16.0 Å². The van der Waals surface area contributed by atoms with Crippen LogP contribution in [0.3, 0.4) is 0 Å². The van der Waals surface area contributed by atoms with Crippen LogP contribution in [0, 0.1) is 10.1 Å². The van der Waals surface area contributed by atoms with E-state index in [1.807, 2.05) is 0 Å². The van der Waals surface area contributed by atoms with E-state index >= 15 is 0 Å². The van der Waals surface area contributed by atoms with Crippen LogP contribution in [0.15, 0.2) is 24.3 Å². The van der Waals surface area contributed by atoms with Gasteiger partial charge in [-0.1, -0.05) is 0 Å². The number of hydrogen-bond donors (Lipinski definition) is 4. The summed E-state index contributed by atoms with van der Waals surface area (Å²) in [4.78, 5) is 72.3. The maximum atomic E-state index is 13.2. The number of imide groups is 1. The number of carbonyl (C=O) groups excluding carboxylic acids is 4. The molecule has 1 fully saturated rings. The summed E-state index contributed by atoms with van der Waals surface area (Å²) < 4.78 is 0. The molecule has 184 valence electrons. The van der Waals surface area contributed by atoms with Gasteiger partial charge in [0.1, 0.15) is 12.1 Å². The third kappa shape index (κ3) is 7.07. The highest BCUT2D eigenvalue weighted by Crippen LogP contribution is 2.22. The Balaban J connectivity index is 2.13. The van der Waals surface area contributed by atoms with Crippen molar-refractivity contribution in [1.29, 1.82) is 0 Å². The molecule has 0 spiro atoms. The van der Waals surface area contributed by atoms with Gasteiger partial charge in [0, 0.05) is 18.6 Å². The van der Waals surface area contributed by atoms with Crippen molar-refractivity contribution >= 4 is 41.0 Å². The average Bonchev–Trinajstić information content (AvgIpc) is 3.33. The van der Waals surface area contributed by atoms with Crippen molar-refractivity contribution in [3.05, 3.63) is 34.4 Å². The summed E-state index contributed by atoms with van der Waals surface area (Å²) in [6, 6.07) is 2.05. The van der Waals surface area contributed by atoms with Crippen molar-refractivity contribution in [2.75, 3.05) is 11.4 Å². The zero-order chi connectivity index (χ0) is 25.4. The number of carboxylic acid groups (broad SMARTS) is 1. The van der Waals surface area contributed by atoms with Crippen molar-refractivity contribution in [2.24, 2.45) is 0 Å². The van der Waals surface area contributed by atoms with Crippen LogP contribution >= 0.6 is 0 Å². The molecule has 2 rings (SSSR count). The van der Waals surface area contributed by atoms with E-state index in [9.17, 15) is 34.1 Å². The maximum Gasteiger partial charge on any atom is 0.303 e. The van der Waals surface area contributed by atoms with Gasteiger partial charge < -0.3 is 21.1 Å². The quantitative estimate of drug-likeness (QED) is 0.267. The third-order valence-corrected chi connectivity index (χ3v) is 5.18. The van der Waals surface area contributed by atoms with E-state index in [0.29, 0.717) is 13.0 Å². The molecule has 0 bridgehead atoms. The first kappa shape index (κ1) is 26.4. The number of anilines is 1. The van der Waals surface area contributed by atoms with Gasteiger partial charge >= 0.3 is 5.97 Å². The Kier molecular flexibility index (Phi) is 9.18. The summed E-state index contributed by atoms with van der Waals surface area (Å²) in [5.41, 5.74) is -0.0955. The van der Waals surface area contributed by atoms with Crippen LogP contribution in [0.2, 0.25) is 0 Å². The minimum atomic E-state index is -1.17. The monoisotopic (exact) mass is 477 g/mol. The molecule has 0 aromatic heterocycles. The summed E-state index contributed by atoms with van der Waals surface area (Å²) >= 11 is 0. The molecule has 0 radical (unpaired) electrons. The molecular weight excluding hydrogens is 450 g/mol. The van der Waals surface area contributed by atoms with E-state index in [4.69, 9.17) is 5.11 Å². The van der Waals surface area contributed by atoms with Crippen LogP contribution in [0.25, 0.3) is 0 Å². The molecule has 1 aromatic carbocycles. The van der Waals surface area contributed by atoms with Crippen molar-refractivity contribution in [3.63, 3.8) is 0 Å². The van der Waals surface area contributed by atoms with E-state index in [0.717, 1.165) is 11.3 Å². The van der Waals surface area contributed by atoms with Crippen LogP contribution in [-0.2, 0) is 24.0 Å². The highest BCUT2D eigenvalue weighted by molar-refractivity contribution is 6.18. The van der Waals surface area contributed by atoms with Crippen molar-refractivity contribution in [2.45, 2.75) is 57.7 Å². The fourth-order valence-electron chi connectivity index (χ4n) is 3.33. The second-order valence-corrected chi connectivity index (χ2v) is 7.85. The molecule has 1 aliphatic rings. The Morgan fingerprint density at radius 1 is 1.12 bits per heavy atom. The van der Waals surface area contributed by atoms with Crippen molar-refractivity contribution < 1.29 is 34.0 Å². The Bertz CT molecular complexity index is 958. The average molecular weight is 477 g/mol. The summed E-state index contributed by atoms with van der Waals surface area (Å²) in [6.07, 6.45) is 0.550. The minimum absolute atomic E-state index is 0.116. The Labute approximate surface area is 195 Å². The van der Waals surface area contributed by atoms with E-state index in [1.54, 1.807) is 0 Å². The van der Waals surface area contributed by atoms with E-state index < -0.39 is 59.1 Å². The third-order valence-electron chi connectivity index (χ3n) is 5.18. The minimum Gasteiger partial charge on any atom is -0.481 e. The molecule has 0 saturated carbocycles. The van der Waals surface area contributed by atoms with Crippen LogP contribution in [0.4, 0.5) is 11.4 Å². The highest BCUT2D eigenvalue weighted by atomic mass is 16.6. The lowest BCUT2D eigenvalue weighted by molar-refractivity contribution is -0.384. The lowest BCUT2D eigenvalue weighted by Gasteiger charge is -2.27. The fraction of sp³-hybridized carbons (Fsp3) is 0.476. The molecule has 0 aliphatic carbocycles. The lowest BCUT2D eigenvalue weighted by Crippen LogP contribution is -2.56. The molecule has 3 atom stereocenters. The number of rotatable bonds is 10. The van der Waals surface area contributed by atoms with Gasteiger partial charge in [0.05, 0.1) is 23.1 Å². The topological polar surface area (TPSA) is 188 Å². The van der Waals surface area contributed by atoms with Gasteiger partial charge in [-0.25, -0.2) is 4.90 Å². The summed E-state index contributed by atoms with van der Waals surface area (Å²) in [6.45, 7) is 3.34. The molecule has 1 aromatic rings. The van der Waals surface area contributed by atoms with Crippen LogP contribution in [0.1, 0.15) is 39.5 Å². The number of aliphatic carboxylic acids is 1. The van der Waals surface area contributed by atoms with E-state index in [2.05, 4.69) is 16.0 Å². The number of amides is 4. The SMILES string of the molecule is C[C@H](NC(=O)CCC(=O)O)C(=O)N[C@@H](C)C(=O)N(C(=O)[C@@H]1CCCN1)c1ccc([N+](=O)[O-])cc1. The van der Waals surface area contributed by atoms with Gasteiger partial charge in [0.15, 0.2) is 0 Å². The van der Waals surface area contributed by atoms with Gasteiger partial charge in [-0.2, -0.15) is 0 Å². The number of carbonyl (C=O) groups is 5. The number of nitrogens with one attached hydrogen (secondary N) is 3. The smallest absolute Gasteiger partial charge is 0.303 e. The zero-order valence-electron chi connectivity index (χ0n) is 18.8. The number of nitro groups is 1. The summed E-state index contributed by atoms with van der Waals surface area (Å²) in [7, 11) is 0. The predicted octanol–water partition coefficient (Wildman–Crippen LogP) is 0.0806. The molecule has 4 N–H and O–H groups in total. The zero-order valence-corrected chi connectivity index (χ0v) is 18.8. The second kappa shape index (κ2) is 11.8. The van der Waals surface area contributed by atoms with E-state index in [-0.39, 0.29) is 17.8 Å². The van der Waals surface area contributed by atoms with Crippen LogP contribution in [0.5, 0.6) is 0 Å². The van der Waals surface area contributed by atoms with Gasteiger partial charge in [-0.3, -0.25) is 34.1 Å². The fourth-order valence-corrected chi connectivity index (χ4v) is 3.33. The van der Waals surface area contributed by atoms with Gasteiger partial charge in [-0.15, -0.1) is 0 Å². The highest BCUT2D eigenvalue weighted by Gasteiger charge is 2.35. The molecular formula is C21H27N5O8. The molecule has 1 saturated heterocycles. The Hall–Kier alpha value is -3.87. The molecule has 13 nitrogen and oxygen atoms in total. The maximum absolute atomic E-state index is 13.2. The largest absolute Gasteiger partial charge is 0.481 e. The number of carboxylic acids is 1. The first-order valence-corrected chi connectivity index (χ1v) is 10.7.